The van der Waals surface area contributed by atoms with Crippen molar-refractivity contribution in [1.29, 1.82) is 0 Å². The highest BCUT2D eigenvalue weighted by atomic mass is 79.9. The molecule has 0 saturated carbocycles. The number of amides is 2. The predicted molar refractivity (Wildman–Crippen MR) is 88.0 cm³/mol. The predicted octanol–water partition coefficient (Wildman–Crippen LogP) is 5.71. The molecule has 0 fully saturated rings. The Hall–Kier alpha value is -1.23. The van der Waals surface area contributed by atoms with Crippen molar-refractivity contribution >= 4 is 56.5 Å². The summed E-state index contributed by atoms with van der Waals surface area (Å²) in [6.07, 6.45) is 0. The van der Waals surface area contributed by atoms with E-state index in [0.717, 1.165) is 5.56 Å². The molecule has 3 nitrogen and oxygen atoms in total. The number of rotatable bonds is 2. The highest BCUT2D eigenvalue weighted by Gasteiger charge is 2.08. The highest BCUT2D eigenvalue weighted by Crippen LogP contribution is 2.30. The van der Waals surface area contributed by atoms with E-state index in [2.05, 4.69) is 26.6 Å². The van der Waals surface area contributed by atoms with Crippen LogP contribution in [-0.2, 0) is 0 Å². The fourth-order valence-corrected chi connectivity index (χ4v) is 2.27. The maximum absolute atomic E-state index is 11.9. The first-order valence-electron chi connectivity index (χ1n) is 5.75. The van der Waals surface area contributed by atoms with Crippen LogP contribution in [0.5, 0.6) is 0 Å². The van der Waals surface area contributed by atoms with Gasteiger partial charge >= 0.3 is 6.03 Å². The second-order valence-electron chi connectivity index (χ2n) is 4.14. The lowest BCUT2D eigenvalue weighted by molar-refractivity contribution is 0.262. The Bertz CT molecular complexity index is 662. The van der Waals surface area contributed by atoms with Crippen LogP contribution in [-0.4, -0.2) is 6.03 Å². The monoisotopic (exact) mass is 372 g/mol. The molecule has 0 spiro atoms. The van der Waals surface area contributed by atoms with Gasteiger partial charge in [0.2, 0.25) is 0 Å². The molecule has 0 aromatic heterocycles. The van der Waals surface area contributed by atoms with E-state index in [9.17, 15) is 4.79 Å². The van der Waals surface area contributed by atoms with Crippen molar-refractivity contribution in [3.8, 4) is 0 Å². The molecule has 104 valence electrons. The molecule has 2 amide bonds. The molecule has 2 aromatic rings. The molecule has 0 heterocycles. The Morgan fingerprint density at radius 3 is 2.55 bits per heavy atom. The minimum absolute atomic E-state index is 0.368. The van der Waals surface area contributed by atoms with Crippen LogP contribution in [0.1, 0.15) is 5.56 Å². The summed E-state index contributed by atoms with van der Waals surface area (Å²) in [7, 11) is 0. The maximum Gasteiger partial charge on any atom is 0.323 e. The first kappa shape index (κ1) is 15.2. The minimum Gasteiger partial charge on any atom is -0.308 e. The third kappa shape index (κ3) is 3.66. The van der Waals surface area contributed by atoms with Crippen molar-refractivity contribution in [2.45, 2.75) is 6.92 Å². The van der Waals surface area contributed by atoms with Crippen molar-refractivity contribution in [3.63, 3.8) is 0 Å². The zero-order valence-electron chi connectivity index (χ0n) is 10.5. The van der Waals surface area contributed by atoms with Gasteiger partial charge < -0.3 is 10.6 Å². The minimum atomic E-state index is -0.368. The molecule has 0 bridgehead atoms. The SMILES string of the molecule is Cc1ccc(NC(=O)Nc2cccc(Cl)c2Br)cc1Cl. The normalized spacial score (nSPS) is 10.2. The van der Waals surface area contributed by atoms with Gasteiger partial charge in [0.15, 0.2) is 0 Å². The summed E-state index contributed by atoms with van der Waals surface area (Å²) in [4.78, 5) is 11.9. The molecule has 20 heavy (non-hydrogen) atoms. The molecule has 0 saturated heterocycles. The summed E-state index contributed by atoms with van der Waals surface area (Å²) < 4.78 is 0.638. The molecule has 6 heteroatoms. The van der Waals surface area contributed by atoms with Crippen LogP contribution in [0, 0.1) is 6.92 Å². The number of carbonyl (C=O) groups is 1. The zero-order valence-corrected chi connectivity index (χ0v) is 13.6. The van der Waals surface area contributed by atoms with Gasteiger partial charge in [0.1, 0.15) is 0 Å². The van der Waals surface area contributed by atoms with E-state index in [1.807, 2.05) is 13.0 Å². The third-order valence-electron chi connectivity index (χ3n) is 2.63. The van der Waals surface area contributed by atoms with Crippen molar-refractivity contribution in [1.82, 2.24) is 0 Å². The van der Waals surface area contributed by atoms with Crippen molar-refractivity contribution in [3.05, 3.63) is 56.5 Å². The van der Waals surface area contributed by atoms with Crippen LogP contribution in [0.3, 0.4) is 0 Å². The van der Waals surface area contributed by atoms with Gasteiger partial charge in [-0.2, -0.15) is 0 Å². The summed E-state index contributed by atoms with van der Waals surface area (Å²) in [5, 5.41) is 6.55. The standard InChI is InChI=1S/C14H11BrCl2N2O/c1-8-5-6-9(7-11(8)17)18-14(20)19-12-4-2-3-10(16)13(12)15/h2-7H,1H3,(H2,18,19,20). The van der Waals surface area contributed by atoms with Crippen LogP contribution >= 0.6 is 39.1 Å². The van der Waals surface area contributed by atoms with E-state index in [4.69, 9.17) is 23.2 Å². The van der Waals surface area contributed by atoms with E-state index < -0.39 is 0 Å². The quantitative estimate of drug-likeness (QED) is 0.695. The molecule has 2 N–H and O–H groups in total. The number of aryl methyl sites for hydroxylation is 1. The number of hydrogen-bond acceptors (Lipinski definition) is 1. The number of carbonyl (C=O) groups excluding carboxylic acids is 1. The van der Waals surface area contributed by atoms with Gasteiger partial charge in [0.25, 0.3) is 0 Å². The molecule has 0 radical (unpaired) electrons. The summed E-state index contributed by atoms with van der Waals surface area (Å²) in [5.74, 6) is 0. The fraction of sp³-hybridized carbons (Fsp3) is 0.0714. The zero-order chi connectivity index (χ0) is 14.7. The lowest BCUT2D eigenvalue weighted by Gasteiger charge is -2.10. The van der Waals surface area contributed by atoms with Crippen LogP contribution in [0.25, 0.3) is 0 Å². The first-order chi connectivity index (χ1) is 9.47. The molecule has 0 unspecified atom stereocenters. The van der Waals surface area contributed by atoms with Crippen molar-refractivity contribution in [2.75, 3.05) is 10.6 Å². The second kappa shape index (κ2) is 6.48. The Morgan fingerprint density at radius 2 is 1.85 bits per heavy atom. The van der Waals surface area contributed by atoms with E-state index >= 15 is 0 Å². The van der Waals surface area contributed by atoms with Gasteiger partial charge in [-0.3, -0.25) is 0 Å². The molecule has 0 aliphatic rings. The van der Waals surface area contributed by atoms with E-state index in [0.29, 0.717) is 25.9 Å². The van der Waals surface area contributed by atoms with Crippen LogP contribution in [0.4, 0.5) is 16.2 Å². The molecule has 2 aromatic carbocycles. The fourth-order valence-electron chi connectivity index (χ4n) is 1.56. The van der Waals surface area contributed by atoms with Crippen LogP contribution < -0.4 is 10.6 Å². The van der Waals surface area contributed by atoms with Gasteiger partial charge in [-0.1, -0.05) is 35.3 Å². The lowest BCUT2D eigenvalue weighted by Crippen LogP contribution is -2.19. The molecular formula is C14H11BrCl2N2O. The van der Waals surface area contributed by atoms with Crippen molar-refractivity contribution in [2.24, 2.45) is 0 Å². The van der Waals surface area contributed by atoms with Crippen molar-refractivity contribution < 1.29 is 4.79 Å². The molecular weight excluding hydrogens is 363 g/mol. The smallest absolute Gasteiger partial charge is 0.308 e. The Balaban J connectivity index is 2.09. The first-order valence-corrected chi connectivity index (χ1v) is 7.30. The van der Waals surface area contributed by atoms with Gasteiger partial charge in [-0.25, -0.2) is 4.79 Å². The Kier molecular flexibility index (Phi) is 4.91. The summed E-state index contributed by atoms with van der Waals surface area (Å²) in [5.41, 5.74) is 2.17. The average molecular weight is 374 g/mol. The largest absolute Gasteiger partial charge is 0.323 e. The molecule has 0 atom stereocenters. The maximum atomic E-state index is 11.9. The van der Waals surface area contributed by atoms with Crippen LogP contribution in [0.15, 0.2) is 40.9 Å². The number of nitrogens with one attached hydrogen (secondary N) is 2. The molecule has 2 rings (SSSR count). The van der Waals surface area contributed by atoms with Gasteiger partial charge in [0, 0.05) is 10.7 Å². The third-order valence-corrected chi connectivity index (χ3v) is 4.43. The highest BCUT2D eigenvalue weighted by molar-refractivity contribution is 9.10. The number of anilines is 2. The van der Waals surface area contributed by atoms with Gasteiger partial charge in [-0.15, -0.1) is 0 Å². The summed E-state index contributed by atoms with van der Waals surface area (Å²) >= 11 is 15.3. The van der Waals surface area contributed by atoms with Crippen LogP contribution in [0.2, 0.25) is 10.0 Å². The second-order valence-corrected chi connectivity index (χ2v) is 5.75. The lowest BCUT2D eigenvalue weighted by atomic mass is 10.2. The Labute approximate surface area is 135 Å². The number of urea groups is 1. The van der Waals surface area contributed by atoms with Gasteiger partial charge in [0.05, 0.1) is 15.2 Å². The van der Waals surface area contributed by atoms with Gasteiger partial charge in [-0.05, 0) is 52.7 Å². The van der Waals surface area contributed by atoms with E-state index in [1.165, 1.54) is 0 Å². The number of halogens is 3. The van der Waals surface area contributed by atoms with E-state index in [-0.39, 0.29) is 6.03 Å². The topological polar surface area (TPSA) is 41.1 Å². The van der Waals surface area contributed by atoms with E-state index in [1.54, 1.807) is 30.3 Å². The average Bonchev–Trinajstić information content (AvgIpc) is 2.39. The summed E-state index contributed by atoms with van der Waals surface area (Å²) in [6.45, 7) is 1.90. The summed E-state index contributed by atoms with van der Waals surface area (Å²) in [6, 6.07) is 10.2. The molecule has 0 aliphatic heterocycles. The number of benzene rings is 2. The molecule has 0 aliphatic carbocycles. The Morgan fingerprint density at radius 1 is 1.10 bits per heavy atom. The number of hydrogen-bond donors (Lipinski definition) is 2.